The average molecular weight is 596 g/mol. The number of piperazine rings is 1. The number of imidazole rings is 1. The number of aromatic carboxylic acids is 1. The number of carboxylic acids is 1. The Morgan fingerprint density at radius 1 is 1.11 bits per heavy atom. The molecule has 0 radical (unpaired) electrons. The molecule has 1 N–H and O–H groups in total. The zero-order valence-electron chi connectivity index (χ0n) is 24.6. The van der Waals surface area contributed by atoms with Crippen molar-refractivity contribution in [3.63, 3.8) is 0 Å². The quantitative estimate of drug-likeness (QED) is 0.336. The molecule has 2 aromatic heterocycles. The van der Waals surface area contributed by atoms with Crippen molar-refractivity contribution in [1.29, 1.82) is 5.26 Å². The van der Waals surface area contributed by atoms with Crippen molar-refractivity contribution in [2.75, 3.05) is 42.6 Å². The number of nitrogens with zero attached hydrogens (tertiary/aromatic N) is 7. The van der Waals surface area contributed by atoms with Crippen LogP contribution in [0.4, 0.5) is 16.0 Å². The summed E-state index contributed by atoms with van der Waals surface area (Å²) in [5, 5.41) is 18.8. The van der Waals surface area contributed by atoms with Crippen LogP contribution in [0, 0.1) is 17.1 Å². The molecule has 1 unspecified atom stereocenters. The number of hydrogen-bond donors (Lipinski definition) is 1. The molecule has 2 aromatic carbocycles. The Morgan fingerprint density at radius 3 is 2.64 bits per heavy atom. The molecule has 3 aliphatic heterocycles. The van der Waals surface area contributed by atoms with Crippen LogP contribution < -0.4 is 9.80 Å². The van der Waals surface area contributed by atoms with E-state index in [0.717, 1.165) is 73.3 Å². The topological polar surface area (TPSA) is 111 Å². The van der Waals surface area contributed by atoms with Crippen LogP contribution in [-0.4, -0.2) is 75.4 Å². The number of aromatic nitrogens is 3. The SMILES string of the molecule is CC1Cc2cc(C#N)cc(F)c2CN1c1cccc(N2CCN(Cc3nc4ccc(C(=O)O)cc4n3C[C@@H]3CCO3)CC2)n1. The van der Waals surface area contributed by atoms with Gasteiger partial charge in [-0.25, -0.2) is 19.2 Å². The minimum absolute atomic E-state index is 0.117. The maximum atomic E-state index is 14.9. The predicted molar refractivity (Wildman–Crippen MR) is 163 cm³/mol. The number of carboxylic acid groups (broad SMARTS) is 1. The van der Waals surface area contributed by atoms with Gasteiger partial charge in [0.05, 0.1) is 47.4 Å². The van der Waals surface area contributed by atoms with Crippen LogP contribution in [0.3, 0.4) is 0 Å². The van der Waals surface area contributed by atoms with Gasteiger partial charge in [-0.2, -0.15) is 5.26 Å². The number of pyridine rings is 1. The number of benzene rings is 2. The Hall–Kier alpha value is -4.53. The maximum Gasteiger partial charge on any atom is 0.335 e. The van der Waals surface area contributed by atoms with Gasteiger partial charge in [0.25, 0.3) is 0 Å². The number of carbonyl (C=O) groups is 1. The molecule has 5 heterocycles. The molecule has 226 valence electrons. The molecule has 44 heavy (non-hydrogen) atoms. The van der Waals surface area contributed by atoms with Gasteiger partial charge < -0.3 is 24.2 Å². The maximum absolute atomic E-state index is 14.9. The third-order valence-corrected chi connectivity index (χ3v) is 9.12. The number of anilines is 2. The van der Waals surface area contributed by atoms with Crippen LogP contribution in [0.5, 0.6) is 0 Å². The van der Waals surface area contributed by atoms with E-state index in [9.17, 15) is 19.6 Å². The van der Waals surface area contributed by atoms with E-state index >= 15 is 0 Å². The molecule has 2 fully saturated rings. The zero-order valence-corrected chi connectivity index (χ0v) is 24.6. The first-order valence-electron chi connectivity index (χ1n) is 15.1. The highest BCUT2D eigenvalue weighted by Crippen LogP contribution is 2.31. The minimum atomic E-state index is -0.948. The third-order valence-electron chi connectivity index (χ3n) is 9.12. The van der Waals surface area contributed by atoms with Crippen molar-refractivity contribution < 1.29 is 19.0 Å². The molecule has 2 saturated heterocycles. The van der Waals surface area contributed by atoms with E-state index < -0.39 is 5.97 Å². The molecule has 11 heteroatoms. The monoisotopic (exact) mass is 595 g/mol. The number of nitriles is 1. The standard InChI is InChI=1S/C33H34FN7O3/c1-21-13-24-14-22(17-35)15-27(34)26(24)19-40(21)31-4-2-3-30(37-31)39-10-8-38(9-11-39)20-32-36-28-6-5-23(33(42)43)16-29(28)41(32)18-25-7-12-44-25/h2-6,14-16,21,25H,7-13,18-20H2,1H3,(H,42,43)/t21?,25-/m0/s1. The van der Waals surface area contributed by atoms with Crippen molar-refractivity contribution in [3.05, 3.63) is 82.4 Å². The first-order valence-corrected chi connectivity index (χ1v) is 15.1. The largest absolute Gasteiger partial charge is 0.478 e. The first-order chi connectivity index (χ1) is 21.4. The smallest absolute Gasteiger partial charge is 0.335 e. The summed E-state index contributed by atoms with van der Waals surface area (Å²) in [5.74, 6) is 1.35. The third kappa shape index (κ3) is 5.36. The molecule has 3 aliphatic rings. The molecule has 0 aliphatic carbocycles. The van der Waals surface area contributed by atoms with Crippen molar-refractivity contribution in [2.24, 2.45) is 0 Å². The van der Waals surface area contributed by atoms with E-state index in [1.54, 1.807) is 24.3 Å². The Morgan fingerprint density at radius 2 is 1.91 bits per heavy atom. The van der Waals surface area contributed by atoms with Crippen molar-refractivity contribution >= 4 is 28.6 Å². The predicted octanol–water partition coefficient (Wildman–Crippen LogP) is 4.20. The Kier molecular flexibility index (Phi) is 7.40. The Labute approximate surface area is 254 Å². The fourth-order valence-corrected chi connectivity index (χ4v) is 6.52. The second-order valence-corrected chi connectivity index (χ2v) is 11.9. The summed E-state index contributed by atoms with van der Waals surface area (Å²) in [6, 6.07) is 16.4. The fourth-order valence-electron chi connectivity index (χ4n) is 6.52. The molecular formula is C33H34FN7O3. The van der Waals surface area contributed by atoms with Crippen LogP contribution in [0.25, 0.3) is 11.0 Å². The first kappa shape index (κ1) is 28.3. The number of halogens is 1. The van der Waals surface area contributed by atoms with E-state index in [1.165, 1.54) is 6.07 Å². The molecular weight excluding hydrogens is 561 g/mol. The van der Waals surface area contributed by atoms with Gasteiger partial charge >= 0.3 is 5.97 Å². The van der Waals surface area contributed by atoms with Crippen LogP contribution in [-0.2, 0) is 30.8 Å². The average Bonchev–Trinajstić information content (AvgIpc) is 3.34. The minimum Gasteiger partial charge on any atom is -0.478 e. The van der Waals surface area contributed by atoms with Gasteiger partial charge in [-0.1, -0.05) is 6.07 Å². The van der Waals surface area contributed by atoms with Crippen molar-refractivity contribution in [3.8, 4) is 6.07 Å². The second kappa shape index (κ2) is 11.5. The molecule has 4 aromatic rings. The zero-order chi connectivity index (χ0) is 30.4. The molecule has 7 rings (SSSR count). The van der Waals surface area contributed by atoms with Gasteiger partial charge in [0.2, 0.25) is 0 Å². The summed E-state index contributed by atoms with van der Waals surface area (Å²) < 4.78 is 22.7. The highest BCUT2D eigenvalue weighted by Gasteiger charge is 2.28. The summed E-state index contributed by atoms with van der Waals surface area (Å²) in [4.78, 5) is 28.3. The summed E-state index contributed by atoms with van der Waals surface area (Å²) in [7, 11) is 0. The van der Waals surface area contributed by atoms with E-state index in [4.69, 9.17) is 14.7 Å². The lowest BCUT2D eigenvalue weighted by Gasteiger charge is -2.38. The summed E-state index contributed by atoms with van der Waals surface area (Å²) in [5.41, 5.74) is 3.77. The fraction of sp³-hybridized carbons (Fsp3) is 0.394. The van der Waals surface area contributed by atoms with Gasteiger partial charge in [-0.05, 0) is 67.8 Å². The van der Waals surface area contributed by atoms with Crippen LogP contribution in [0.15, 0.2) is 48.5 Å². The molecule has 10 nitrogen and oxygen atoms in total. The normalized spacial score (nSPS) is 20.3. The van der Waals surface area contributed by atoms with Crippen molar-refractivity contribution in [2.45, 2.75) is 51.5 Å². The van der Waals surface area contributed by atoms with E-state index in [-0.39, 0.29) is 23.5 Å². The molecule has 0 bridgehead atoms. The summed E-state index contributed by atoms with van der Waals surface area (Å²) >= 11 is 0. The van der Waals surface area contributed by atoms with Crippen molar-refractivity contribution in [1.82, 2.24) is 19.4 Å². The summed E-state index contributed by atoms with van der Waals surface area (Å²) in [6.45, 7) is 7.87. The van der Waals surface area contributed by atoms with Gasteiger partial charge in [-0.15, -0.1) is 0 Å². The van der Waals surface area contributed by atoms with Crippen LogP contribution in [0.2, 0.25) is 0 Å². The van der Waals surface area contributed by atoms with E-state index in [2.05, 4.69) is 32.3 Å². The Bertz CT molecular complexity index is 1770. The van der Waals surface area contributed by atoms with Crippen LogP contribution in [0.1, 0.15) is 46.2 Å². The van der Waals surface area contributed by atoms with Gasteiger partial charge in [0, 0.05) is 50.9 Å². The molecule has 0 saturated carbocycles. The molecule has 2 atom stereocenters. The van der Waals surface area contributed by atoms with Gasteiger partial charge in [-0.3, -0.25) is 4.90 Å². The lowest BCUT2D eigenvalue weighted by atomic mass is 9.92. The second-order valence-electron chi connectivity index (χ2n) is 11.9. The van der Waals surface area contributed by atoms with E-state index in [1.807, 2.05) is 18.2 Å². The highest BCUT2D eigenvalue weighted by atomic mass is 19.1. The van der Waals surface area contributed by atoms with Gasteiger partial charge in [0.1, 0.15) is 23.3 Å². The van der Waals surface area contributed by atoms with Gasteiger partial charge in [0.15, 0.2) is 0 Å². The molecule has 0 amide bonds. The van der Waals surface area contributed by atoms with Crippen LogP contribution >= 0.6 is 0 Å². The number of ether oxygens (including phenoxy) is 1. The number of rotatable bonds is 7. The number of hydrogen-bond acceptors (Lipinski definition) is 8. The number of fused-ring (bicyclic) bond motifs is 2. The lowest BCUT2D eigenvalue weighted by Crippen LogP contribution is -2.47. The Balaban J connectivity index is 1.05. The highest BCUT2D eigenvalue weighted by molar-refractivity contribution is 5.92. The van der Waals surface area contributed by atoms with E-state index in [0.29, 0.717) is 37.2 Å². The lowest BCUT2D eigenvalue weighted by molar-refractivity contribution is -0.0592. The molecule has 0 spiro atoms. The summed E-state index contributed by atoms with van der Waals surface area (Å²) in [6.07, 6.45) is 1.77.